The molecule has 136 valence electrons. The number of furan rings is 1. The van der Waals surface area contributed by atoms with Crippen LogP contribution in [0.5, 0.6) is 0 Å². The van der Waals surface area contributed by atoms with E-state index in [1.165, 1.54) is 0 Å². The maximum Gasteiger partial charge on any atom is 0.258 e. The molecule has 0 N–H and O–H groups in total. The molecule has 2 atom stereocenters. The quantitative estimate of drug-likeness (QED) is 0.714. The number of fused-ring (bicyclic) bond motifs is 1. The zero-order valence-electron chi connectivity index (χ0n) is 15.1. The Morgan fingerprint density at radius 2 is 2.12 bits per heavy atom. The standard InChI is InChI=1S/C19H21N3O4/c1-4-15-17(13-7-5-6-8-16(13)26-15)19(23)22-10-12(24-3)9-14(22)18-21-20-11(2)25-18/h5-8,12,14H,4,9-10H2,1-3H3/t12-,14-/m1/s1. The second-order valence-electron chi connectivity index (χ2n) is 6.48. The predicted octanol–water partition coefficient (Wildman–Crippen LogP) is 3.29. The number of methoxy groups -OCH3 is 1. The van der Waals surface area contributed by atoms with E-state index in [9.17, 15) is 4.79 Å². The minimum atomic E-state index is -0.299. The molecule has 3 heterocycles. The molecule has 4 rings (SSSR count). The molecule has 0 saturated carbocycles. The minimum Gasteiger partial charge on any atom is -0.460 e. The molecule has 7 nitrogen and oxygen atoms in total. The first-order valence-corrected chi connectivity index (χ1v) is 8.76. The van der Waals surface area contributed by atoms with E-state index in [0.717, 1.165) is 11.0 Å². The van der Waals surface area contributed by atoms with Crippen molar-refractivity contribution in [1.29, 1.82) is 0 Å². The van der Waals surface area contributed by atoms with Gasteiger partial charge in [0.25, 0.3) is 5.91 Å². The summed E-state index contributed by atoms with van der Waals surface area (Å²) in [4.78, 5) is 15.2. The molecule has 26 heavy (non-hydrogen) atoms. The first-order valence-electron chi connectivity index (χ1n) is 8.76. The van der Waals surface area contributed by atoms with E-state index in [2.05, 4.69) is 10.2 Å². The van der Waals surface area contributed by atoms with Crippen LogP contribution >= 0.6 is 0 Å². The van der Waals surface area contributed by atoms with Crippen molar-refractivity contribution >= 4 is 16.9 Å². The van der Waals surface area contributed by atoms with Gasteiger partial charge in [0.05, 0.1) is 11.7 Å². The Balaban J connectivity index is 1.76. The topological polar surface area (TPSA) is 81.6 Å². The zero-order chi connectivity index (χ0) is 18.3. The van der Waals surface area contributed by atoms with Gasteiger partial charge < -0.3 is 18.5 Å². The summed E-state index contributed by atoms with van der Waals surface area (Å²) in [5, 5.41) is 8.86. The van der Waals surface area contributed by atoms with Gasteiger partial charge in [-0.15, -0.1) is 10.2 Å². The lowest BCUT2D eigenvalue weighted by Gasteiger charge is -2.22. The van der Waals surface area contributed by atoms with Crippen LogP contribution in [0.3, 0.4) is 0 Å². The second-order valence-corrected chi connectivity index (χ2v) is 6.48. The van der Waals surface area contributed by atoms with Crippen LogP contribution in [0, 0.1) is 6.92 Å². The van der Waals surface area contributed by atoms with Gasteiger partial charge in [0.1, 0.15) is 17.4 Å². The van der Waals surface area contributed by atoms with Crippen LogP contribution in [-0.2, 0) is 11.2 Å². The van der Waals surface area contributed by atoms with Crippen LogP contribution in [0.1, 0.15) is 47.3 Å². The van der Waals surface area contributed by atoms with E-state index in [4.69, 9.17) is 13.6 Å². The highest BCUT2D eigenvalue weighted by atomic mass is 16.5. The van der Waals surface area contributed by atoms with Gasteiger partial charge in [0.15, 0.2) is 0 Å². The zero-order valence-corrected chi connectivity index (χ0v) is 15.1. The molecule has 7 heteroatoms. The molecule has 0 unspecified atom stereocenters. The number of aryl methyl sites for hydroxylation is 2. The molecule has 1 aliphatic heterocycles. The van der Waals surface area contributed by atoms with Crippen molar-refractivity contribution < 1.29 is 18.4 Å². The Kier molecular flexibility index (Phi) is 4.24. The smallest absolute Gasteiger partial charge is 0.258 e. The van der Waals surface area contributed by atoms with E-state index in [1.807, 2.05) is 31.2 Å². The Morgan fingerprint density at radius 1 is 1.31 bits per heavy atom. The van der Waals surface area contributed by atoms with E-state index in [0.29, 0.717) is 42.5 Å². The molecule has 0 radical (unpaired) electrons. The summed E-state index contributed by atoms with van der Waals surface area (Å²) in [7, 11) is 1.65. The van der Waals surface area contributed by atoms with Crippen LogP contribution in [0.2, 0.25) is 0 Å². The summed E-state index contributed by atoms with van der Waals surface area (Å²) in [6, 6.07) is 7.31. The lowest BCUT2D eigenvalue weighted by molar-refractivity contribution is 0.0673. The molecule has 1 amide bonds. The highest BCUT2D eigenvalue weighted by molar-refractivity contribution is 6.07. The number of aromatic nitrogens is 2. The summed E-state index contributed by atoms with van der Waals surface area (Å²) < 4.78 is 17.0. The fourth-order valence-corrected chi connectivity index (χ4v) is 3.60. The SMILES string of the molecule is CCc1oc2ccccc2c1C(=O)N1C[C@H](OC)C[C@@H]1c1nnc(C)o1. The summed E-state index contributed by atoms with van der Waals surface area (Å²) in [6.45, 7) is 4.20. The number of rotatable bonds is 4. The third kappa shape index (κ3) is 2.68. The number of benzene rings is 1. The molecule has 2 aromatic heterocycles. The fraction of sp³-hybridized carbons (Fsp3) is 0.421. The maximum absolute atomic E-state index is 13.5. The molecule has 1 aromatic carbocycles. The molecular weight excluding hydrogens is 334 g/mol. The van der Waals surface area contributed by atoms with Crippen LogP contribution in [0.25, 0.3) is 11.0 Å². The molecule has 0 spiro atoms. The fourth-order valence-electron chi connectivity index (χ4n) is 3.60. The van der Waals surface area contributed by atoms with Crippen molar-refractivity contribution in [2.24, 2.45) is 0 Å². The third-order valence-electron chi connectivity index (χ3n) is 4.89. The number of nitrogens with zero attached hydrogens (tertiary/aromatic N) is 3. The Bertz CT molecular complexity index is 945. The van der Waals surface area contributed by atoms with Gasteiger partial charge in [0, 0.05) is 38.8 Å². The van der Waals surface area contributed by atoms with Gasteiger partial charge in [-0.3, -0.25) is 4.79 Å². The molecule has 3 aromatic rings. The molecule has 0 aliphatic carbocycles. The number of hydrogen-bond acceptors (Lipinski definition) is 6. The molecule has 1 aliphatic rings. The Labute approximate surface area is 150 Å². The van der Waals surface area contributed by atoms with Crippen molar-refractivity contribution in [3.05, 3.63) is 47.4 Å². The average Bonchev–Trinajstić information content (AvgIpc) is 3.36. The van der Waals surface area contributed by atoms with Gasteiger partial charge in [-0.25, -0.2) is 0 Å². The summed E-state index contributed by atoms with van der Waals surface area (Å²) in [6.07, 6.45) is 1.20. The molecular formula is C19H21N3O4. The summed E-state index contributed by atoms with van der Waals surface area (Å²) in [5.41, 5.74) is 1.33. The maximum atomic E-state index is 13.5. The molecule has 0 bridgehead atoms. The van der Waals surface area contributed by atoms with Gasteiger partial charge in [-0.2, -0.15) is 0 Å². The van der Waals surface area contributed by atoms with Crippen molar-refractivity contribution in [2.75, 3.05) is 13.7 Å². The first kappa shape index (κ1) is 16.8. The number of amides is 1. The van der Waals surface area contributed by atoms with Gasteiger partial charge >= 0.3 is 0 Å². The highest BCUT2D eigenvalue weighted by Crippen LogP contribution is 2.36. The monoisotopic (exact) mass is 355 g/mol. The molecule has 1 fully saturated rings. The lowest BCUT2D eigenvalue weighted by Crippen LogP contribution is -2.32. The first-order chi connectivity index (χ1) is 12.6. The number of likely N-dealkylation sites (tertiary alicyclic amines) is 1. The van der Waals surface area contributed by atoms with Crippen molar-refractivity contribution in [2.45, 2.75) is 38.8 Å². The summed E-state index contributed by atoms with van der Waals surface area (Å²) >= 11 is 0. The largest absolute Gasteiger partial charge is 0.460 e. The van der Waals surface area contributed by atoms with Gasteiger partial charge in [0.2, 0.25) is 11.8 Å². The van der Waals surface area contributed by atoms with Crippen LogP contribution < -0.4 is 0 Å². The van der Waals surface area contributed by atoms with Crippen LogP contribution in [-0.4, -0.2) is 40.8 Å². The van der Waals surface area contributed by atoms with E-state index >= 15 is 0 Å². The van der Waals surface area contributed by atoms with Gasteiger partial charge in [-0.1, -0.05) is 25.1 Å². The number of ether oxygens (including phenoxy) is 1. The lowest BCUT2D eigenvalue weighted by atomic mass is 10.1. The predicted molar refractivity (Wildman–Crippen MR) is 93.8 cm³/mol. The van der Waals surface area contributed by atoms with Crippen molar-refractivity contribution in [3.63, 3.8) is 0 Å². The van der Waals surface area contributed by atoms with E-state index in [-0.39, 0.29) is 18.1 Å². The second kappa shape index (κ2) is 6.57. The minimum absolute atomic E-state index is 0.0700. The van der Waals surface area contributed by atoms with Gasteiger partial charge in [-0.05, 0) is 6.07 Å². The number of hydrogen-bond donors (Lipinski definition) is 0. The Morgan fingerprint density at radius 3 is 2.81 bits per heavy atom. The number of para-hydroxylation sites is 1. The average molecular weight is 355 g/mol. The van der Waals surface area contributed by atoms with Crippen LogP contribution in [0.4, 0.5) is 0 Å². The molecule has 1 saturated heterocycles. The third-order valence-corrected chi connectivity index (χ3v) is 4.89. The van der Waals surface area contributed by atoms with Crippen LogP contribution in [0.15, 0.2) is 33.1 Å². The van der Waals surface area contributed by atoms with E-state index in [1.54, 1.807) is 18.9 Å². The Hall–Kier alpha value is -2.67. The normalized spacial score (nSPS) is 20.2. The van der Waals surface area contributed by atoms with Crippen molar-refractivity contribution in [1.82, 2.24) is 15.1 Å². The van der Waals surface area contributed by atoms with Crippen molar-refractivity contribution in [3.8, 4) is 0 Å². The summed E-state index contributed by atoms with van der Waals surface area (Å²) in [5.74, 6) is 1.53. The van der Waals surface area contributed by atoms with E-state index < -0.39 is 0 Å². The number of carbonyl (C=O) groups is 1. The highest BCUT2D eigenvalue weighted by Gasteiger charge is 2.41. The number of carbonyl (C=O) groups excluding carboxylic acids is 1.